The van der Waals surface area contributed by atoms with E-state index < -0.39 is 10.0 Å². The fourth-order valence-corrected chi connectivity index (χ4v) is 4.11. The van der Waals surface area contributed by atoms with Gasteiger partial charge in [-0.15, -0.1) is 0 Å². The molecule has 0 atom stereocenters. The van der Waals surface area contributed by atoms with E-state index in [0.29, 0.717) is 16.2 Å². The van der Waals surface area contributed by atoms with Crippen molar-refractivity contribution in [3.8, 4) is 5.75 Å². The van der Waals surface area contributed by atoms with Gasteiger partial charge in [0.25, 0.3) is 0 Å². The molecule has 1 fully saturated rings. The first-order valence-electron chi connectivity index (χ1n) is 6.82. The van der Waals surface area contributed by atoms with Gasteiger partial charge in [0.05, 0.1) is 12.0 Å². The van der Waals surface area contributed by atoms with Crippen LogP contribution in [-0.4, -0.2) is 34.7 Å². The second kappa shape index (κ2) is 6.11. The molecule has 0 spiro atoms. The van der Waals surface area contributed by atoms with Crippen LogP contribution in [-0.2, 0) is 10.0 Å². The van der Waals surface area contributed by atoms with E-state index in [9.17, 15) is 8.42 Å². The molecule has 6 heteroatoms. The number of ether oxygens (including phenoxy) is 1. The monoisotopic (exact) mass is 298 g/mol. The van der Waals surface area contributed by atoms with Gasteiger partial charge in [0.15, 0.2) is 0 Å². The van der Waals surface area contributed by atoms with E-state index in [1.54, 1.807) is 26.2 Å². The van der Waals surface area contributed by atoms with Crippen molar-refractivity contribution in [2.75, 3.05) is 20.2 Å². The SMILES string of the molecule is COc1cc(C)c(S(=O)(=O)NC2CCNCC2)cc1C. The average molecular weight is 298 g/mol. The van der Waals surface area contributed by atoms with Crippen molar-refractivity contribution in [1.82, 2.24) is 10.0 Å². The summed E-state index contributed by atoms with van der Waals surface area (Å²) in [6, 6.07) is 3.47. The number of aryl methyl sites for hydroxylation is 2. The minimum absolute atomic E-state index is 0.0167. The largest absolute Gasteiger partial charge is 0.496 e. The third-order valence-corrected chi connectivity index (χ3v) is 5.31. The van der Waals surface area contributed by atoms with Crippen molar-refractivity contribution in [3.05, 3.63) is 23.3 Å². The van der Waals surface area contributed by atoms with Crippen molar-refractivity contribution in [1.29, 1.82) is 0 Å². The molecule has 2 N–H and O–H groups in total. The number of methoxy groups -OCH3 is 1. The Bertz CT molecular complexity index is 578. The first kappa shape index (κ1) is 15.3. The van der Waals surface area contributed by atoms with E-state index in [-0.39, 0.29) is 6.04 Å². The van der Waals surface area contributed by atoms with Gasteiger partial charge in [0.1, 0.15) is 5.75 Å². The summed E-state index contributed by atoms with van der Waals surface area (Å²) < 4.78 is 33.0. The Labute approximate surface area is 120 Å². The van der Waals surface area contributed by atoms with Gasteiger partial charge in [-0.25, -0.2) is 13.1 Å². The summed E-state index contributed by atoms with van der Waals surface area (Å²) in [6.07, 6.45) is 1.65. The van der Waals surface area contributed by atoms with Crippen LogP contribution in [0.15, 0.2) is 17.0 Å². The second-order valence-electron chi connectivity index (χ2n) is 5.23. The number of hydrogen-bond donors (Lipinski definition) is 2. The zero-order valence-corrected chi connectivity index (χ0v) is 13.0. The molecule has 5 nitrogen and oxygen atoms in total. The van der Waals surface area contributed by atoms with Crippen LogP contribution in [0.4, 0.5) is 0 Å². The summed E-state index contributed by atoms with van der Waals surface area (Å²) in [4.78, 5) is 0.342. The lowest BCUT2D eigenvalue weighted by Gasteiger charge is -2.24. The summed E-state index contributed by atoms with van der Waals surface area (Å²) in [5.74, 6) is 0.711. The van der Waals surface area contributed by atoms with E-state index in [4.69, 9.17) is 4.74 Å². The topological polar surface area (TPSA) is 67.4 Å². The summed E-state index contributed by atoms with van der Waals surface area (Å²) in [6.45, 7) is 5.35. The lowest BCUT2D eigenvalue weighted by molar-refractivity contribution is 0.410. The van der Waals surface area contributed by atoms with Gasteiger partial charge >= 0.3 is 0 Å². The number of benzene rings is 1. The predicted octanol–water partition coefficient (Wildman–Crippen LogP) is 1.34. The van der Waals surface area contributed by atoms with Gasteiger partial charge in [-0.1, -0.05) is 0 Å². The van der Waals surface area contributed by atoms with Crippen molar-refractivity contribution >= 4 is 10.0 Å². The molecular formula is C14H22N2O3S. The zero-order valence-electron chi connectivity index (χ0n) is 12.2. The molecule has 1 heterocycles. The number of piperidine rings is 1. The normalized spacial score (nSPS) is 17.1. The van der Waals surface area contributed by atoms with Crippen LogP contribution in [0.5, 0.6) is 5.75 Å². The molecule has 0 radical (unpaired) electrons. The maximum atomic E-state index is 12.5. The van der Waals surface area contributed by atoms with Crippen molar-refractivity contribution < 1.29 is 13.2 Å². The van der Waals surface area contributed by atoms with Gasteiger partial charge in [0, 0.05) is 6.04 Å². The minimum atomic E-state index is -3.47. The summed E-state index contributed by atoms with van der Waals surface area (Å²) in [5.41, 5.74) is 1.53. The molecule has 2 rings (SSSR count). The van der Waals surface area contributed by atoms with E-state index in [1.807, 2.05) is 6.92 Å². The van der Waals surface area contributed by atoms with Gasteiger partial charge in [-0.2, -0.15) is 0 Å². The van der Waals surface area contributed by atoms with Gasteiger partial charge < -0.3 is 10.1 Å². The predicted molar refractivity (Wildman–Crippen MR) is 78.7 cm³/mol. The number of rotatable bonds is 4. The van der Waals surface area contributed by atoms with Crippen molar-refractivity contribution in [2.24, 2.45) is 0 Å². The molecule has 0 unspecified atom stereocenters. The summed E-state index contributed by atoms with van der Waals surface area (Å²) >= 11 is 0. The highest BCUT2D eigenvalue weighted by atomic mass is 32.2. The Morgan fingerprint density at radius 2 is 1.85 bits per heavy atom. The van der Waals surface area contributed by atoms with Crippen LogP contribution in [0.1, 0.15) is 24.0 Å². The fraction of sp³-hybridized carbons (Fsp3) is 0.571. The Balaban J connectivity index is 2.26. The van der Waals surface area contributed by atoms with E-state index >= 15 is 0 Å². The van der Waals surface area contributed by atoms with Crippen LogP contribution in [0.25, 0.3) is 0 Å². The summed E-state index contributed by atoms with van der Waals surface area (Å²) in [5, 5.41) is 3.22. The molecule has 0 bridgehead atoms. The molecule has 1 saturated heterocycles. The Kier molecular flexibility index (Phi) is 4.67. The number of nitrogens with one attached hydrogen (secondary N) is 2. The Hall–Kier alpha value is -1.11. The molecule has 1 aliphatic heterocycles. The molecule has 20 heavy (non-hydrogen) atoms. The lowest BCUT2D eigenvalue weighted by Crippen LogP contribution is -2.42. The minimum Gasteiger partial charge on any atom is -0.496 e. The number of sulfonamides is 1. The summed E-state index contributed by atoms with van der Waals surface area (Å²) in [7, 11) is -1.88. The maximum absolute atomic E-state index is 12.5. The Morgan fingerprint density at radius 1 is 1.20 bits per heavy atom. The molecule has 0 amide bonds. The first-order valence-corrected chi connectivity index (χ1v) is 8.30. The highest BCUT2D eigenvalue weighted by molar-refractivity contribution is 7.89. The maximum Gasteiger partial charge on any atom is 0.241 e. The molecular weight excluding hydrogens is 276 g/mol. The first-order chi connectivity index (χ1) is 9.44. The number of hydrogen-bond acceptors (Lipinski definition) is 4. The molecule has 0 aliphatic carbocycles. The molecule has 1 aromatic carbocycles. The molecule has 0 saturated carbocycles. The van der Waals surface area contributed by atoms with Crippen LogP contribution >= 0.6 is 0 Å². The smallest absolute Gasteiger partial charge is 0.241 e. The van der Waals surface area contributed by atoms with Gasteiger partial charge in [0.2, 0.25) is 10.0 Å². The molecule has 112 valence electrons. The zero-order chi connectivity index (χ0) is 14.8. The van der Waals surface area contributed by atoms with Crippen LogP contribution < -0.4 is 14.8 Å². The molecule has 0 aromatic heterocycles. The van der Waals surface area contributed by atoms with Gasteiger partial charge in [-0.3, -0.25) is 0 Å². The highest BCUT2D eigenvalue weighted by Crippen LogP contribution is 2.26. The second-order valence-corrected chi connectivity index (χ2v) is 6.92. The van der Waals surface area contributed by atoms with Crippen molar-refractivity contribution in [3.63, 3.8) is 0 Å². The third kappa shape index (κ3) is 3.31. The third-order valence-electron chi connectivity index (χ3n) is 3.64. The lowest BCUT2D eigenvalue weighted by atomic mass is 10.1. The molecule has 1 aromatic rings. The van der Waals surface area contributed by atoms with Crippen LogP contribution in [0.3, 0.4) is 0 Å². The molecule has 1 aliphatic rings. The quantitative estimate of drug-likeness (QED) is 0.880. The van der Waals surface area contributed by atoms with Crippen LogP contribution in [0.2, 0.25) is 0 Å². The Morgan fingerprint density at radius 3 is 2.45 bits per heavy atom. The average Bonchev–Trinajstić information content (AvgIpc) is 2.41. The highest BCUT2D eigenvalue weighted by Gasteiger charge is 2.23. The van der Waals surface area contributed by atoms with E-state index in [2.05, 4.69) is 10.0 Å². The van der Waals surface area contributed by atoms with E-state index in [1.165, 1.54) is 0 Å². The van der Waals surface area contributed by atoms with Gasteiger partial charge in [-0.05, 0) is 63.0 Å². The fourth-order valence-electron chi connectivity index (χ4n) is 2.50. The van der Waals surface area contributed by atoms with Crippen LogP contribution in [0, 0.1) is 13.8 Å². The van der Waals surface area contributed by atoms with Crippen molar-refractivity contribution in [2.45, 2.75) is 37.6 Å². The standard InChI is InChI=1S/C14H22N2O3S/c1-10-9-14(11(2)8-13(10)19-3)20(17,18)16-12-4-6-15-7-5-12/h8-9,12,15-16H,4-7H2,1-3H3. The van der Waals surface area contributed by atoms with E-state index in [0.717, 1.165) is 31.5 Å².